The van der Waals surface area contributed by atoms with Gasteiger partial charge in [0.25, 0.3) is 0 Å². The highest BCUT2D eigenvalue weighted by atomic mass is 79.9. The van der Waals surface area contributed by atoms with Gasteiger partial charge < -0.3 is 10.2 Å². The van der Waals surface area contributed by atoms with E-state index in [1.54, 1.807) is 19.2 Å². The molecular formula is C17H17BrF2N2O. The quantitative estimate of drug-likeness (QED) is 0.812. The van der Waals surface area contributed by atoms with Gasteiger partial charge in [-0.05, 0) is 37.4 Å². The van der Waals surface area contributed by atoms with Gasteiger partial charge in [-0.3, -0.25) is 4.79 Å². The Kier molecular flexibility index (Phi) is 6.24. The number of rotatable bonds is 6. The lowest BCUT2D eigenvalue weighted by Crippen LogP contribution is -2.24. The Bertz CT molecular complexity index is 677. The maximum Gasteiger partial charge on any atom is 0.225 e. The summed E-state index contributed by atoms with van der Waals surface area (Å²) in [6.07, 6.45) is 0.287. The number of hydrogen-bond donors (Lipinski definition) is 1. The van der Waals surface area contributed by atoms with Crippen LogP contribution in [-0.2, 0) is 11.3 Å². The van der Waals surface area contributed by atoms with Crippen molar-refractivity contribution in [3.05, 3.63) is 64.1 Å². The molecule has 1 N–H and O–H groups in total. The zero-order valence-corrected chi connectivity index (χ0v) is 14.2. The Morgan fingerprint density at radius 2 is 1.87 bits per heavy atom. The summed E-state index contributed by atoms with van der Waals surface area (Å²) in [5.74, 6) is -1.28. The van der Waals surface area contributed by atoms with Crippen LogP contribution < -0.4 is 5.32 Å². The van der Waals surface area contributed by atoms with E-state index in [0.717, 1.165) is 16.2 Å². The number of nitrogens with zero attached hydrogens (tertiary/aromatic N) is 1. The van der Waals surface area contributed by atoms with E-state index < -0.39 is 11.6 Å². The van der Waals surface area contributed by atoms with E-state index >= 15 is 0 Å². The van der Waals surface area contributed by atoms with E-state index in [2.05, 4.69) is 21.2 Å². The molecule has 2 aromatic carbocycles. The molecule has 2 aromatic rings. The van der Waals surface area contributed by atoms with Crippen LogP contribution in [0.5, 0.6) is 0 Å². The molecule has 122 valence electrons. The molecule has 0 aliphatic heterocycles. The topological polar surface area (TPSA) is 32.3 Å². The van der Waals surface area contributed by atoms with Crippen LogP contribution in [0.1, 0.15) is 12.0 Å². The van der Waals surface area contributed by atoms with E-state index in [1.165, 1.54) is 12.1 Å². The van der Waals surface area contributed by atoms with Crippen LogP contribution in [0.2, 0.25) is 0 Å². The third-order valence-electron chi connectivity index (χ3n) is 3.30. The van der Waals surface area contributed by atoms with Crippen molar-refractivity contribution in [2.24, 2.45) is 0 Å². The molecule has 0 fully saturated rings. The van der Waals surface area contributed by atoms with Gasteiger partial charge in [0.15, 0.2) is 0 Å². The number of anilines is 1. The SMILES string of the molecule is CN(CCC(=O)Nc1ccc(Br)cc1)Cc1ccc(F)cc1F. The molecule has 0 saturated carbocycles. The second-order valence-corrected chi connectivity index (χ2v) is 6.19. The molecule has 2 rings (SSSR count). The highest BCUT2D eigenvalue weighted by Gasteiger charge is 2.09. The van der Waals surface area contributed by atoms with Gasteiger partial charge in [0.05, 0.1) is 0 Å². The first kappa shape index (κ1) is 17.6. The third-order valence-corrected chi connectivity index (χ3v) is 3.83. The summed E-state index contributed by atoms with van der Waals surface area (Å²) < 4.78 is 27.4. The summed E-state index contributed by atoms with van der Waals surface area (Å²) in [5, 5.41) is 2.80. The van der Waals surface area contributed by atoms with E-state index in [1.807, 2.05) is 17.0 Å². The number of carbonyl (C=O) groups excluding carboxylic acids is 1. The minimum absolute atomic E-state index is 0.112. The molecule has 0 aromatic heterocycles. The van der Waals surface area contributed by atoms with Gasteiger partial charge in [-0.2, -0.15) is 0 Å². The van der Waals surface area contributed by atoms with Crippen LogP contribution in [0, 0.1) is 11.6 Å². The average Bonchev–Trinajstić information content (AvgIpc) is 2.50. The number of hydrogen-bond acceptors (Lipinski definition) is 2. The first-order valence-corrected chi connectivity index (χ1v) is 7.91. The molecule has 3 nitrogen and oxygen atoms in total. The van der Waals surface area contributed by atoms with Gasteiger partial charge in [-0.15, -0.1) is 0 Å². The Balaban J connectivity index is 1.80. The van der Waals surface area contributed by atoms with Crippen molar-refractivity contribution in [1.82, 2.24) is 4.90 Å². The Hall–Kier alpha value is -1.79. The second-order valence-electron chi connectivity index (χ2n) is 5.28. The van der Waals surface area contributed by atoms with Crippen LogP contribution in [-0.4, -0.2) is 24.4 Å². The van der Waals surface area contributed by atoms with E-state index in [9.17, 15) is 13.6 Å². The fraction of sp³-hybridized carbons (Fsp3) is 0.235. The van der Waals surface area contributed by atoms with Gasteiger partial charge in [0.1, 0.15) is 11.6 Å². The predicted molar refractivity (Wildman–Crippen MR) is 90.1 cm³/mol. The number of nitrogens with one attached hydrogen (secondary N) is 1. The van der Waals surface area contributed by atoms with Gasteiger partial charge in [-0.1, -0.05) is 22.0 Å². The van der Waals surface area contributed by atoms with Crippen LogP contribution in [0.15, 0.2) is 46.9 Å². The van der Waals surface area contributed by atoms with E-state index in [-0.39, 0.29) is 12.3 Å². The Morgan fingerprint density at radius 3 is 2.52 bits per heavy atom. The number of halogens is 3. The average molecular weight is 383 g/mol. The molecular weight excluding hydrogens is 366 g/mol. The molecule has 0 unspecified atom stereocenters. The molecule has 0 radical (unpaired) electrons. The van der Waals surface area contributed by atoms with Crippen molar-refractivity contribution >= 4 is 27.5 Å². The molecule has 0 saturated heterocycles. The summed E-state index contributed by atoms with van der Waals surface area (Å²) in [6.45, 7) is 0.789. The molecule has 0 bridgehead atoms. The van der Waals surface area contributed by atoms with Gasteiger partial charge >= 0.3 is 0 Å². The second kappa shape index (κ2) is 8.17. The first-order valence-electron chi connectivity index (χ1n) is 7.12. The van der Waals surface area contributed by atoms with Crippen LogP contribution in [0.4, 0.5) is 14.5 Å². The number of carbonyl (C=O) groups is 1. The summed E-state index contributed by atoms with van der Waals surface area (Å²) in [5.41, 5.74) is 1.13. The lowest BCUT2D eigenvalue weighted by molar-refractivity contribution is -0.116. The van der Waals surface area contributed by atoms with E-state index in [4.69, 9.17) is 0 Å². The first-order chi connectivity index (χ1) is 10.9. The minimum atomic E-state index is -0.595. The normalized spacial score (nSPS) is 10.8. The smallest absolute Gasteiger partial charge is 0.225 e. The molecule has 6 heteroatoms. The standard InChI is InChI=1S/C17H17BrF2N2O/c1-22(11-12-2-5-14(19)10-16(12)20)9-8-17(23)21-15-6-3-13(18)4-7-15/h2-7,10H,8-9,11H2,1H3,(H,21,23). The van der Waals surface area contributed by atoms with Crippen LogP contribution in [0.25, 0.3) is 0 Å². The zero-order valence-electron chi connectivity index (χ0n) is 12.7. The summed E-state index contributed by atoms with van der Waals surface area (Å²) >= 11 is 3.33. The molecule has 23 heavy (non-hydrogen) atoms. The zero-order chi connectivity index (χ0) is 16.8. The van der Waals surface area contributed by atoms with Crippen LogP contribution in [0.3, 0.4) is 0 Å². The summed E-state index contributed by atoms with van der Waals surface area (Å²) in [7, 11) is 1.79. The van der Waals surface area contributed by atoms with Gasteiger partial charge in [-0.25, -0.2) is 8.78 Å². The van der Waals surface area contributed by atoms with Crippen molar-refractivity contribution in [2.45, 2.75) is 13.0 Å². The fourth-order valence-electron chi connectivity index (χ4n) is 2.07. The van der Waals surface area contributed by atoms with Crippen LogP contribution >= 0.6 is 15.9 Å². The summed E-state index contributed by atoms with van der Waals surface area (Å²) in [4.78, 5) is 13.7. The predicted octanol–water partition coefficient (Wildman–Crippen LogP) is 4.19. The lowest BCUT2D eigenvalue weighted by Gasteiger charge is -2.17. The van der Waals surface area contributed by atoms with Gasteiger partial charge in [0, 0.05) is 41.3 Å². The molecule has 0 aliphatic carbocycles. The van der Waals surface area contributed by atoms with Crippen molar-refractivity contribution in [1.29, 1.82) is 0 Å². The van der Waals surface area contributed by atoms with Crippen molar-refractivity contribution in [3.63, 3.8) is 0 Å². The molecule has 0 spiro atoms. The Morgan fingerprint density at radius 1 is 1.17 bits per heavy atom. The van der Waals surface area contributed by atoms with E-state index in [0.29, 0.717) is 18.7 Å². The maximum absolute atomic E-state index is 13.6. The highest BCUT2D eigenvalue weighted by Crippen LogP contribution is 2.15. The number of amides is 1. The highest BCUT2D eigenvalue weighted by molar-refractivity contribution is 9.10. The lowest BCUT2D eigenvalue weighted by atomic mass is 10.2. The minimum Gasteiger partial charge on any atom is -0.326 e. The maximum atomic E-state index is 13.6. The van der Waals surface area contributed by atoms with Crippen molar-refractivity contribution in [2.75, 3.05) is 18.9 Å². The molecule has 0 aliphatic rings. The van der Waals surface area contributed by atoms with Crippen molar-refractivity contribution < 1.29 is 13.6 Å². The molecule has 1 amide bonds. The third kappa shape index (κ3) is 5.73. The monoisotopic (exact) mass is 382 g/mol. The Labute approximate surface area is 142 Å². The van der Waals surface area contributed by atoms with Gasteiger partial charge in [0.2, 0.25) is 5.91 Å². The molecule has 0 heterocycles. The fourth-order valence-corrected chi connectivity index (χ4v) is 2.33. The summed E-state index contributed by atoms with van der Waals surface area (Å²) in [6, 6.07) is 10.8. The molecule has 0 atom stereocenters. The van der Waals surface area contributed by atoms with Crippen molar-refractivity contribution in [3.8, 4) is 0 Å². The largest absolute Gasteiger partial charge is 0.326 e. The number of benzene rings is 2.